The van der Waals surface area contributed by atoms with E-state index in [2.05, 4.69) is 15.9 Å². The van der Waals surface area contributed by atoms with E-state index in [1.807, 2.05) is 38.1 Å². The van der Waals surface area contributed by atoms with E-state index in [1.165, 1.54) is 0 Å². The molecule has 13 heavy (non-hydrogen) atoms. The first-order chi connectivity index (χ1) is 6.15. The highest BCUT2D eigenvalue weighted by atomic mass is 79.9. The second-order valence-corrected chi connectivity index (χ2v) is 4.01. The fraction of sp³-hybridized carbons (Fsp3) is 0.364. The minimum atomic E-state index is 0.0260. The van der Waals surface area contributed by atoms with Crippen molar-refractivity contribution in [2.24, 2.45) is 0 Å². The highest BCUT2D eigenvalue weighted by Crippen LogP contribution is 2.19. The van der Waals surface area contributed by atoms with Crippen LogP contribution in [0.15, 0.2) is 28.7 Å². The van der Waals surface area contributed by atoms with Crippen molar-refractivity contribution in [2.75, 3.05) is 0 Å². The summed E-state index contributed by atoms with van der Waals surface area (Å²) in [5, 5.41) is 0. The average molecular weight is 241 g/mol. The maximum absolute atomic E-state index is 11.4. The maximum atomic E-state index is 11.4. The van der Waals surface area contributed by atoms with Gasteiger partial charge >= 0.3 is 0 Å². The topological polar surface area (TPSA) is 17.1 Å². The summed E-state index contributed by atoms with van der Waals surface area (Å²) < 4.78 is 1.05. The third-order valence-corrected chi connectivity index (χ3v) is 2.73. The molecule has 0 aliphatic heterocycles. The minimum absolute atomic E-state index is 0.0260. The molecule has 0 saturated carbocycles. The van der Waals surface area contributed by atoms with E-state index in [9.17, 15) is 4.79 Å². The minimum Gasteiger partial charge on any atom is -0.299 e. The van der Waals surface area contributed by atoms with Crippen LogP contribution in [-0.2, 0) is 4.79 Å². The first-order valence-electron chi connectivity index (χ1n) is 4.43. The fourth-order valence-corrected chi connectivity index (χ4v) is 1.51. The summed E-state index contributed by atoms with van der Waals surface area (Å²) >= 11 is 3.36. The molecule has 0 bridgehead atoms. The molecule has 0 N–H and O–H groups in total. The molecule has 2 heteroatoms. The van der Waals surface area contributed by atoms with Crippen molar-refractivity contribution in [3.63, 3.8) is 0 Å². The molecule has 0 spiro atoms. The summed E-state index contributed by atoms with van der Waals surface area (Å²) in [5.41, 5.74) is 1.09. The number of hydrogen-bond acceptors (Lipinski definition) is 1. The maximum Gasteiger partial charge on any atom is 0.139 e. The highest BCUT2D eigenvalue weighted by molar-refractivity contribution is 9.10. The van der Waals surface area contributed by atoms with Crippen LogP contribution >= 0.6 is 15.9 Å². The Hall–Kier alpha value is -0.630. The van der Waals surface area contributed by atoms with Gasteiger partial charge in [0.25, 0.3) is 0 Å². The Labute approximate surface area is 87.3 Å². The van der Waals surface area contributed by atoms with Crippen LogP contribution in [0, 0.1) is 0 Å². The fourth-order valence-electron chi connectivity index (χ4n) is 1.24. The van der Waals surface area contributed by atoms with Gasteiger partial charge in [0.2, 0.25) is 0 Å². The molecule has 0 radical (unpaired) electrons. The molecule has 0 saturated heterocycles. The molecule has 1 rings (SSSR count). The van der Waals surface area contributed by atoms with Gasteiger partial charge in [-0.15, -0.1) is 0 Å². The molecular formula is C11H13BrO. The van der Waals surface area contributed by atoms with E-state index in [0.717, 1.165) is 10.0 Å². The molecule has 0 fully saturated rings. The number of benzene rings is 1. The Bertz CT molecular complexity index is 289. The lowest BCUT2D eigenvalue weighted by molar-refractivity contribution is -0.119. The van der Waals surface area contributed by atoms with Gasteiger partial charge in [0, 0.05) is 16.8 Å². The lowest BCUT2D eigenvalue weighted by Crippen LogP contribution is -2.06. The molecule has 0 amide bonds. The van der Waals surface area contributed by atoms with E-state index in [4.69, 9.17) is 0 Å². The number of ketones is 1. The van der Waals surface area contributed by atoms with E-state index < -0.39 is 0 Å². The predicted molar refractivity (Wildman–Crippen MR) is 57.9 cm³/mol. The van der Waals surface area contributed by atoms with Crippen molar-refractivity contribution in [1.29, 1.82) is 0 Å². The third kappa shape index (κ3) is 2.66. The lowest BCUT2D eigenvalue weighted by Gasteiger charge is -2.08. The Morgan fingerprint density at radius 3 is 2.38 bits per heavy atom. The smallest absolute Gasteiger partial charge is 0.139 e. The number of hydrogen-bond donors (Lipinski definition) is 0. The number of carbonyl (C=O) groups is 1. The van der Waals surface area contributed by atoms with Crippen LogP contribution in [-0.4, -0.2) is 5.78 Å². The molecule has 0 aromatic heterocycles. The van der Waals surface area contributed by atoms with Crippen molar-refractivity contribution in [3.8, 4) is 0 Å². The SMILES string of the molecule is CCC(=O)C(C)c1ccc(Br)cc1. The molecule has 1 aromatic rings. The van der Waals surface area contributed by atoms with Gasteiger partial charge in [-0.3, -0.25) is 4.79 Å². The molecule has 0 aliphatic rings. The number of rotatable bonds is 3. The van der Waals surface area contributed by atoms with E-state index in [0.29, 0.717) is 12.2 Å². The van der Waals surface area contributed by atoms with Crippen LogP contribution in [0.2, 0.25) is 0 Å². The van der Waals surface area contributed by atoms with E-state index in [-0.39, 0.29) is 5.92 Å². The number of halogens is 1. The average Bonchev–Trinajstić information content (AvgIpc) is 2.17. The van der Waals surface area contributed by atoms with Crippen LogP contribution in [0.5, 0.6) is 0 Å². The lowest BCUT2D eigenvalue weighted by atomic mass is 9.96. The summed E-state index contributed by atoms with van der Waals surface area (Å²) in [6.45, 7) is 3.85. The van der Waals surface area contributed by atoms with E-state index in [1.54, 1.807) is 0 Å². The zero-order valence-electron chi connectivity index (χ0n) is 7.88. The first-order valence-corrected chi connectivity index (χ1v) is 5.22. The summed E-state index contributed by atoms with van der Waals surface area (Å²) in [6, 6.07) is 7.91. The largest absolute Gasteiger partial charge is 0.299 e. The molecule has 1 unspecified atom stereocenters. The Morgan fingerprint density at radius 2 is 1.92 bits per heavy atom. The van der Waals surface area contributed by atoms with Crippen LogP contribution in [0.1, 0.15) is 31.7 Å². The molecule has 1 nitrogen and oxygen atoms in total. The van der Waals surface area contributed by atoms with Crippen molar-refractivity contribution in [1.82, 2.24) is 0 Å². The molecule has 1 aromatic carbocycles. The van der Waals surface area contributed by atoms with Crippen LogP contribution in [0.3, 0.4) is 0 Å². The Morgan fingerprint density at radius 1 is 1.38 bits per heavy atom. The summed E-state index contributed by atoms with van der Waals surface area (Å²) in [7, 11) is 0. The standard InChI is InChI=1S/C11H13BrO/c1-3-11(13)8(2)9-4-6-10(12)7-5-9/h4-8H,3H2,1-2H3. The molecular weight excluding hydrogens is 228 g/mol. The van der Waals surface area contributed by atoms with Crippen LogP contribution in [0.4, 0.5) is 0 Å². The van der Waals surface area contributed by atoms with Crippen molar-refractivity contribution >= 4 is 21.7 Å². The van der Waals surface area contributed by atoms with E-state index >= 15 is 0 Å². The summed E-state index contributed by atoms with van der Waals surface area (Å²) in [5.74, 6) is 0.320. The number of Topliss-reactive ketones (excluding diaryl/α,β-unsaturated/α-hetero) is 1. The van der Waals surface area contributed by atoms with Gasteiger partial charge < -0.3 is 0 Å². The van der Waals surface area contributed by atoms with Crippen LogP contribution in [0.25, 0.3) is 0 Å². The Kier molecular flexibility index (Phi) is 3.67. The molecule has 1 atom stereocenters. The zero-order valence-corrected chi connectivity index (χ0v) is 9.47. The number of carbonyl (C=O) groups excluding carboxylic acids is 1. The van der Waals surface area contributed by atoms with Gasteiger partial charge in [0.05, 0.1) is 0 Å². The second-order valence-electron chi connectivity index (χ2n) is 3.09. The van der Waals surface area contributed by atoms with Crippen molar-refractivity contribution in [3.05, 3.63) is 34.3 Å². The monoisotopic (exact) mass is 240 g/mol. The second kappa shape index (κ2) is 4.56. The van der Waals surface area contributed by atoms with Crippen LogP contribution < -0.4 is 0 Å². The Balaban J connectivity index is 2.83. The zero-order chi connectivity index (χ0) is 9.84. The van der Waals surface area contributed by atoms with Gasteiger partial charge in [-0.1, -0.05) is 41.9 Å². The van der Waals surface area contributed by atoms with Gasteiger partial charge in [-0.2, -0.15) is 0 Å². The molecule has 70 valence electrons. The van der Waals surface area contributed by atoms with Crippen molar-refractivity contribution in [2.45, 2.75) is 26.2 Å². The molecule has 0 aliphatic carbocycles. The first kappa shape index (κ1) is 10.5. The summed E-state index contributed by atoms with van der Waals surface area (Å²) in [4.78, 5) is 11.4. The normalized spacial score (nSPS) is 12.5. The third-order valence-electron chi connectivity index (χ3n) is 2.20. The van der Waals surface area contributed by atoms with Gasteiger partial charge in [-0.05, 0) is 17.7 Å². The van der Waals surface area contributed by atoms with Gasteiger partial charge in [0.15, 0.2) is 0 Å². The van der Waals surface area contributed by atoms with Gasteiger partial charge in [-0.25, -0.2) is 0 Å². The highest BCUT2D eigenvalue weighted by Gasteiger charge is 2.12. The molecule has 0 heterocycles. The predicted octanol–water partition coefficient (Wildman–Crippen LogP) is 3.53. The van der Waals surface area contributed by atoms with Gasteiger partial charge in [0.1, 0.15) is 5.78 Å². The van der Waals surface area contributed by atoms with Crippen molar-refractivity contribution < 1.29 is 4.79 Å². The summed E-state index contributed by atoms with van der Waals surface area (Å²) in [6.07, 6.45) is 0.608. The quantitative estimate of drug-likeness (QED) is 0.791.